The van der Waals surface area contributed by atoms with E-state index < -0.39 is 5.97 Å². The number of hydrogen-bond acceptors (Lipinski definition) is 4. The minimum absolute atomic E-state index is 0.0967. The van der Waals surface area contributed by atoms with Gasteiger partial charge in [-0.3, -0.25) is 14.9 Å². The van der Waals surface area contributed by atoms with E-state index in [-0.39, 0.29) is 18.9 Å². The number of anilines is 1. The van der Waals surface area contributed by atoms with E-state index in [1.807, 2.05) is 42.5 Å². The number of rotatable bonds is 10. The molecule has 0 spiro atoms. The number of amides is 1. The lowest BCUT2D eigenvalue weighted by atomic mass is 10.1. The van der Waals surface area contributed by atoms with E-state index in [1.165, 1.54) is 6.26 Å². The Kier molecular flexibility index (Phi) is 7.05. The third-order valence-corrected chi connectivity index (χ3v) is 4.42. The predicted octanol–water partition coefficient (Wildman–Crippen LogP) is 5.02. The van der Waals surface area contributed by atoms with Crippen molar-refractivity contribution in [2.24, 2.45) is 0 Å². The largest absolute Gasteiger partial charge is 0.488 e. The zero-order chi connectivity index (χ0) is 20.5. The van der Waals surface area contributed by atoms with Crippen molar-refractivity contribution in [3.63, 3.8) is 0 Å². The van der Waals surface area contributed by atoms with Gasteiger partial charge in [-0.1, -0.05) is 42.5 Å². The van der Waals surface area contributed by atoms with Crippen molar-refractivity contribution >= 4 is 28.5 Å². The van der Waals surface area contributed by atoms with Gasteiger partial charge in [0.05, 0.1) is 11.8 Å². The summed E-state index contributed by atoms with van der Waals surface area (Å²) in [5.74, 6) is -0.0647. The molecule has 3 aromatic rings. The average molecular weight is 393 g/mol. The number of unbranched alkanes of at least 4 members (excludes halogenated alkanes) is 2. The Morgan fingerprint density at radius 1 is 1.03 bits per heavy atom. The smallest absolute Gasteiger partial charge is 0.303 e. The molecular weight excluding hydrogens is 370 g/mol. The number of fused-ring (bicyclic) bond motifs is 1. The van der Waals surface area contributed by atoms with Crippen LogP contribution >= 0.6 is 0 Å². The van der Waals surface area contributed by atoms with E-state index in [1.54, 1.807) is 18.2 Å². The predicted molar refractivity (Wildman–Crippen MR) is 111 cm³/mol. The van der Waals surface area contributed by atoms with Gasteiger partial charge in [0, 0.05) is 17.9 Å². The number of allylic oxidation sites excluding steroid dienone is 1. The molecule has 6 nitrogen and oxygen atoms in total. The summed E-state index contributed by atoms with van der Waals surface area (Å²) in [6.07, 6.45) is 5.23. The summed E-state index contributed by atoms with van der Waals surface area (Å²) in [4.78, 5) is 23.3. The molecule has 0 radical (unpaired) electrons. The number of benzene rings is 2. The Morgan fingerprint density at radius 2 is 1.86 bits per heavy atom. The van der Waals surface area contributed by atoms with E-state index in [4.69, 9.17) is 14.3 Å². The van der Waals surface area contributed by atoms with Crippen LogP contribution in [-0.4, -0.2) is 23.6 Å². The molecule has 0 saturated heterocycles. The van der Waals surface area contributed by atoms with Gasteiger partial charge in [0.1, 0.15) is 12.4 Å². The van der Waals surface area contributed by atoms with Crippen LogP contribution < -0.4 is 10.1 Å². The summed E-state index contributed by atoms with van der Waals surface area (Å²) < 4.78 is 11.1. The SMILES string of the molecule is O=C(O)CCCC/C=C(\COc1cccc2ccccc12)C(=O)Nc1ccco1. The highest BCUT2D eigenvalue weighted by Gasteiger charge is 2.13. The van der Waals surface area contributed by atoms with Crippen molar-refractivity contribution in [3.8, 4) is 5.75 Å². The van der Waals surface area contributed by atoms with Crippen LogP contribution in [0.5, 0.6) is 5.75 Å². The molecule has 2 N–H and O–H groups in total. The first kappa shape index (κ1) is 20.2. The summed E-state index contributed by atoms with van der Waals surface area (Å²) in [6.45, 7) is 0.0967. The molecule has 0 aliphatic rings. The third-order valence-electron chi connectivity index (χ3n) is 4.42. The average Bonchev–Trinajstić information content (AvgIpc) is 3.22. The zero-order valence-corrected chi connectivity index (χ0v) is 16.0. The van der Waals surface area contributed by atoms with Crippen molar-refractivity contribution < 1.29 is 23.8 Å². The van der Waals surface area contributed by atoms with Crippen LogP contribution in [0.4, 0.5) is 5.88 Å². The van der Waals surface area contributed by atoms with Gasteiger partial charge in [0.25, 0.3) is 5.91 Å². The molecule has 0 fully saturated rings. The van der Waals surface area contributed by atoms with E-state index >= 15 is 0 Å². The maximum Gasteiger partial charge on any atom is 0.303 e. The Labute approximate surface area is 168 Å². The lowest BCUT2D eigenvalue weighted by molar-refractivity contribution is -0.137. The van der Waals surface area contributed by atoms with Gasteiger partial charge in [-0.15, -0.1) is 0 Å². The molecule has 0 atom stereocenters. The minimum atomic E-state index is -0.816. The molecule has 3 rings (SSSR count). The molecule has 0 saturated carbocycles. The van der Waals surface area contributed by atoms with E-state index in [0.717, 1.165) is 10.8 Å². The number of carboxylic acids is 1. The van der Waals surface area contributed by atoms with Gasteiger partial charge >= 0.3 is 5.97 Å². The number of carbonyl (C=O) groups is 2. The maximum absolute atomic E-state index is 12.7. The molecule has 0 bridgehead atoms. The fourth-order valence-electron chi connectivity index (χ4n) is 2.93. The number of carboxylic acid groups (broad SMARTS) is 1. The van der Waals surface area contributed by atoms with Crippen LogP contribution in [0, 0.1) is 0 Å². The number of carbonyl (C=O) groups excluding carboxylic acids is 1. The van der Waals surface area contributed by atoms with Gasteiger partial charge in [0.15, 0.2) is 5.88 Å². The number of hydrogen-bond donors (Lipinski definition) is 2. The Hall–Kier alpha value is -3.54. The van der Waals surface area contributed by atoms with Gasteiger partial charge in [-0.05, 0) is 36.8 Å². The fraction of sp³-hybridized carbons (Fsp3) is 0.217. The maximum atomic E-state index is 12.7. The highest BCUT2D eigenvalue weighted by atomic mass is 16.5. The van der Waals surface area contributed by atoms with Crippen molar-refractivity contribution in [2.45, 2.75) is 25.7 Å². The van der Waals surface area contributed by atoms with Crippen molar-refractivity contribution in [2.75, 3.05) is 11.9 Å². The fourth-order valence-corrected chi connectivity index (χ4v) is 2.93. The van der Waals surface area contributed by atoms with Crippen molar-refractivity contribution in [1.82, 2.24) is 0 Å². The van der Waals surface area contributed by atoms with Crippen LogP contribution in [0.3, 0.4) is 0 Å². The molecule has 0 unspecified atom stereocenters. The van der Waals surface area contributed by atoms with Crippen LogP contribution in [0.2, 0.25) is 0 Å². The molecule has 2 aromatic carbocycles. The zero-order valence-electron chi connectivity index (χ0n) is 16.0. The van der Waals surface area contributed by atoms with Gasteiger partial charge in [0.2, 0.25) is 0 Å². The van der Waals surface area contributed by atoms with Crippen LogP contribution in [0.1, 0.15) is 25.7 Å². The summed E-state index contributed by atoms with van der Waals surface area (Å²) in [5, 5.41) is 13.5. The lowest BCUT2D eigenvalue weighted by Gasteiger charge is -2.12. The summed E-state index contributed by atoms with van der Waals surface area (Å²) >= 11 is 0. The molecule has 6 heteroatoms. The monoisotopic (exact) mass is 393 g/mol. The first-order valence-corrected chi connectivity index (χ1v) is 9.50. The van der Waals surface area contributed by atoms with Crippen molar-refractivity contribution in [1.29, 1.82) is 0 Å². The first-order chi connectivity index (χ1) is 14.1. The Morgan fingerprint density at radius 3 is 2.66 bits per heavy atom. The molecular formula is C23H23NO5. The second kappa shape index (κ2) is 10.1. The normalized spacial score (nSPS) is 11.4. The van der Waals surface area contributed by atoms with Crippen LogP contribution in [0.15, 0.2) is 76.9 Å². The summed E-state index contributed by atoms with van der Waals surface area (Å²) in [6, 6.07) is 17.0. The first-order valence-electron chi connectivity index (χ1n) is 9.50. The second-order valence-corrected chi connectivity index (χ2v) is 6.57. The molecule has 1 heterocycles. The highest BCUT2D eigenvalue weighted by Crippen LogP contribution is 2.25. The number of nitrogens with one attached hydrogen (secondary N) is 1. The molecule has 150 valence electrons. The third kappa shape index (κ3) is 5.97. The van der Waals surface area contributed by atoms with Crippen LogP contribution in [0.25, 0.3) is 10.8 Å². The van der Waals surface area contributed by atoms with Crippen LogP contribution in [-0.2, 0) is 9.59 Å². The standard InChI is InChI=1S/C23H23NO5/c25-22(26)14-3-1-2-9-18(23(27)24-21-13-7-15-28-21)16-29-20-12-6-10-17-8-4-5-11-19(17)20/h4-13,15H,1-3,14,16H2,(H,24,27)(H,25,26)/b18-9+. The molecule has 0 aliphatic carbocycles. The number of aliphatic carboxylic acids is 1. The number of ether oxygens (including phenoxy) is 1. The molecule has 1 aromatic heterocycles. The Bertz CT molecular complexity index is 986. The van der Waals surface area contributed by atoms with E-state index in [9.17, 15) is 9.59 Å². The molecule has 0 aliphatic heterocycles. The summed E-state index contributed by atoms with van der Waals surface area (Å²) in [7, 11) is 0. The Balaban J connectivity index is 1.69. The highest BCUT2D eigenvalue weighted by molar-refractivity contribution is 6.03. The quantitative estimate of drug-likeness (QED) is 0.373. The van der Waals surface area contributed by atoms with Crippen molar-refractivity contribution in [3.05, 3.63) is 72.5 Å². The van der Waals surface area contributed by atoms with Gasteiger partial charge < -0.3 is 14.3 Å². The minimum Gasteiger partial charge on any atom is -0.488 e. The second-order valence-electron chi connectivity index (χ2n) is 6.57. The summed E-state index contributed by atoms with van der Waals surface area (Å²) in [5.41, 5.74) is 0.463. The van der Waals surface area contributed by atoms with E-state index in [2.05, 4.69) is 5.32 Å². The number of furan rings is 1. The topological polar surface area (TPSA) is 88.8 Å². The lowest BCUT2D eigenvalue weighted by Crippen LogP contribution is -2.19. The van der Waals surface area contributed by atoms with Gasteiger partial charge in [-0.25, -0.2) is 0 Å². The molecule has 1 amide bonds. The van der Waals surface area contributed by atoms with Gasteiger partial charge in [-0.2, -0.15) is 0 Å². The van der Waals surface area contributed by atoms with E-state index in [0.29, 0.717) is 36.5 Å². The molecule has 29 heavy (non-hydrogen) atoms.